The van der Waals surface area contributed by atoms with Crippen molar-refractivity contribution in [3.05, 3.63) is 52.8 Å². The first-order chi connectivity index (χ1) is 9.24. The van der Waals surface area contributed by atoms with E-state index in [2.05, 4.69) is 53.2 Å². The van der Waals surface area contributed by atoms with Crippen LogP contribution in [0.15, 0.2) is 30.5 Å². The molecule has 0 spiro atoms. The summed E-state index contributed by atoms with van der Waals surface area (Å²) in [6, 6.07) is 9.26. The standard InChI is InChI=1S/C16H21N3/c1-12-5-3-4-6-14(12)11-19-13(2)15(10-18-19)9-17-16-7-8-16/h3-6,10,16-17H,7-9,11H2,1-2H3. The summed E-state index contributed by atoms with van der Waals surface area (Å²) in [4.78, 5) is 0. The molecule has 2 aromatic rings. The van der Waals surface area contributed by atoms with Gasteiger partial charge in [0.25, 0.3) is 0 Å². The maximum Gasteiger partial charge on any atom is 0.0665 e. The van der Waals surface area contributed by atoms with E-state index < -0.39 is 0 Å². The Morgan fingerprint density at radius 3 is 2.74 bits per heavy atom. The minimum Gasteiger partial charge on any atom is -0.310 e. The first-order valence-corrected chi connectivity index (χ1v) is 7.03. The molecule has 0 bridgehead atoms. The van der Waals surface area contributed by atoms with Gasteiger partial charge in [0, 0.05) is 23.8 Å². The van der Waals surface area contributed by atoms with Gasteiger partial charge in [-0.05, 0) is 37.8 Å². The summed E-state index contributed by atoms with van der Waals surface area (Å²) >= 11 is 0. The van der Waals surface area contributed by atoms with Crippen LogP contribution >= 0.6 is 0 Å². The lowest BCUT2D eigenvalue weighted by Gasteiger charge is -2.08. The molecule has 1 heterocycles. The van der Waals surface area contributed by atoms with Crippen molar-refractivity contribution in [3.8, 4) is 0 Å². The molecule has 0 saturated heterocycles. The SMILES string of the molecule is Cc1ccccc1Cn1ncc(CNC2CC2)c1C. The Balaban J connectivity index is 1.72. The molecule has 1 aliphatic carbocycles. The molecule has 1 N–H and O–H groups in total. The monoisotopic (exact) mass is 255 g/mol. The van der Waals surface area contributed by atoms with Crippen LogP contribution < -0.4 is 5.32 Å². The van der Waals surface area contributed by atoms with Crippen molar-refractivity contribution >= 4 is 0 Å². The van der Waals surface area contributed by atoms with Gasteiger partial charge in [-0.25, -0.2) is 0 Å². The summed E-state index contributed by atoms with van der Waals surface area (Å²) in [6.07, 6.45) is 4.66. The number of rotatable bonds is 5. The summed E-state index contributed by atoms with van der Waals surface area (Å²) in [7, 11) is 0. The van der Waals surface area contributed by atoms with E-state index in [0.29, 0.717) is 0 Å². The molecule has 1 saturated carbocycles. The van der Waals surface area contributed by atoms with Crippen LogP contribution in [0, 0.1) is 13.8 Å². The van der Waals surface area contributed by atoms with Gasteiger partial charge in [0.05, 0.1) is 12.7 Å². The second-order valence-electron chi connectivity index (χ2n) is 5.49. The molecule has 0 unspecified atom stereocenters. The fraction of sp³-hybridized carbons (Fsp3) is 0.438. The highest BCUT2D eigenvalue weighted by molar-refractivity contribution is 5.27. The summed E-state index contributed by atoms with van der Waals surface area (Å²) < 4.78 is 2.10. The Hall–Kier alpha value is -1.61. The lowest BCUT2D eigenvalue weighted by Crippen LogP contribution is -2.16. The molecular weight excluding hydrogens is 234 g/mol. The number of hydrogen-bond acceptors (Lipinski definition) is 2. The molecule has 1 aromatic heterocycles. The summed E-state index contributed by atoms with van der Waals surface area (Å²) in [5.74, 6) is 0. The molecule has 1 aliphatic rings. The smallest absolute Gasteiger partial charge is 0.0665 e. The van der Waals surface area contributed by atoms with E-state index >= 15 is 0 Å². The average Bonchev–Trinajstić information content (AvgIpc) is 3.17. The maximum atomic E-state index is 4.53. The molecule has 19 heavy (non-hydrogen) atoms. The van der Waals surface area contributed by atoms with Crippen LogP contribution in [-0.2, 0) is 13.1 Å². The van der Waals surface area contributed by atoms with Gasteiger partial charge in [-0.1, -0.05) is 24.3 Å². The van der Waals surface area contributed by atoms with Crippen molar-refractivity contribution in [1.29, 1.82) is 0 Å². The Morgan fingerprint density at radius 2 is 2.00 bits per heavy atom. The largest absolute Gasteiger partial charge is 0.310 e. The molecule has 3 rings (SSSR count). The molecule has 0 atom stereocenters. The van der Waals surface area contributed by atoms with E-state index in [1.165, 1.54) is 35.2 Å². The second kappa shape index (κ2) is 5.17. The van der Waals surface area contributed by atoms with E-state index in [1.807, 2.05) is 6.20 Å². The minimum absolute atomic E-state index is 0.749. The lowest BCUT2D eigenvalue weighted by molar-refractivity contribution is 0.652. The molecule has 0 amide bonds. The Morgan fingerprint density at radius 1 is 1.21 bits per heavy atom. The molecule has 0 aliphatic heterocycles. The third-order valence-electron chi connectivity index (χ3n) is 3.94. The van der Waals surface area contributed by atoms with Crippen molar-refractivity contribution < 1.29 is 0 Å². The van der Waals surface area contributed by atoms with Crippen LogP contribution in [0.3, 0.4) is 0 Å². The van der Waals surface area contributed by atoms with Crippen molar-refractivity contribution in [3.63, 3.8) is 0 Å². The zero-order valence-electron chi connectivity index (χ0n) is 11.7. The highest BCUT2D eigenvalue weighted by atomic mass is 15.3. The quantitative estimate of drug-likeness (QED) is 0.890. The van der Waals surface area contributed by atoms with Crippen molar-refractivity contribution in [2.24, 2.45) is 0 Å². The topological polar surface area (TPSA) is 29.9 Å². The Labute approximate surface area is 114 Å². The molecule has 1 fully saturated rings. The number of aryl methyl sites for hydroxylation is 1. The number of hydrogen-bond donors (Lipinski definition) is 1. The predicted molar refractivity (Wildman–Crippen MR) is 77.1 cm³/mol. The van der Waals surface area contributed by atoms with Gasteiger partial charge >= 0.3 is 0 Å². The third kappa shape index (κ3) is 2.87. The van der Waals surface area contributed by atoms with Gasteiger partial charge in [-0.2, -0.15) is 5.10 Å². The molecule has 3 nitrogen and oxygen atoms in total. The number of benzene rings is 1. The Bertz CT molecular complexity index is 567. The van der Waals surface area contributed by atoms with Crippen LogP contribution in [-0.4, -0.2) is 15.8 Å². The van der Waals surface area contributed by atoms with Crippen molar-refractivity contribution in [2.75, 3.05) is 0 Å². The molecular formula is C16H21N3. The fourth-order valence-electron chi connectivity index (χ4n) is 2.31. The first kappa shape index (κ1) is 12.4. The van der Waals surface area contributed by atoms with Crippen LogP contribution in [0.4, 0.5) is 0 Å². The average molecular weight is 255 g/mol. The molecule has 0 radical (unpaired) electrons. The molecule has 100 valence electrons. The summed E-state index contributed by atoms with van der Waals surface area (Å²) in [5, 5.41) is 8.08. The normalized spacial score (nSPS) is 14.8. The van der Waals surface area contributed by atoms with Gasteiger partial charge < -0.3 is 5.32 Å². The van der Waals surface area contributed by atoms with Crippen LogP contribution in [0.25, 0.3) is 0 Å². The van der Waals surface area contributed by atoms with E-state index in [0.717, 1.165) is 19.1 Å². The third-order valence-corrected chi connectivity index (χ3v) is 3.94. The van der Waals surface area contributed by atoms with E-state index in [-0.39, 0.29) is 0 Å². The van der Waals surface area contributed by atoms with Gasteiger partial charge in [-0.3, -0.25) is 4.68 Å². The van der Waals surface area contributed by atoms with Crippen molar-refractivity contribution in [2.45, 2.75) is 45.8 Å². The van der Waals surface area contributed by atoms with Gasteiger partial charge in [0.15, 0.2) is 0 Å². The number of nitrogens with zero attached hydrogens (tertiary/aromatic N) is 2. The summed E-state index contributed by atoms with van der Waals surface area (Å²) in [5.41, 5.74) is 5.27. The van der Waals surface area contributed by atoms with E-state index in [9.17, 15) is 0 Å². The fourth-order valence-corrected chi connectivity index (χ4v) is 2.31. The first-order valence-electron chi connectivity index (χ1n) is 7.03. The zero-order chi connectivity index (χ0) is 13.2. The van der Waals surface area contributed by atoms with Gasteiger partial charge in [0.1, 0.15) is 0 Å². The van der Waals surface area contributed by atoms with Gasteiger partial charge in [-0.15, -0.1) is 0 Å². The molecule has 3 heteroatoms. The molecule has 1 aromatic carbocycles. The lowest BCUT2D eigenvalue weighted by atomic mass is 10.1. The van der Waals surface area contributed by atoms with Crippen LogP contribution in [0.1, 0.15) is 35.2 Å². The maximum absolute atomic E-state index is 4.53. The minimum atomic E-state index is 0.749. The predicted octanol–water partition coefficient (Wildman–Crippen LogP) is 2.80. The van der Waals surface area contributed by atoms with Crippen molar-refractivity contribution in [1.82, 2.24) is 15.1 Å². The van der Waals surface area contributed by atoms with E-state index in [4.69, 9.17) is 0 Å². The van der Waals surface area contributed by atoms with Crippen LogP contribution in [0.2, 0.25) is 0 Å². The zero-order valence-corrected chi connectivity index (χ0v) is 11.7. The summed E-state index contributed by atoms with van der Waals surface area (Å²) in [6.45, 7) is 6.13. The second-order valence-corrected chi connectivity index (χ2v) is 5.49. The highest BCUT2D eigenvalue weighted by Gasteiger charge is 2.20. The number of nitrogens with one attached hydrogen (secondary N) is 1. The number of aromatic nitrogens is 2. The highest BCUT2D eigenvalue weighted by Crippen LogP contribution is 2.20. The van der Waals surface area contributed by atoms with E-state index in [1.54, 1.807) is 0 Å². The Kier molecular flexibility index (Phi) is 3.38. The van der Waals surface area contributed by atoms with Crippen LogP contribution in [0.5, 0.6) is 0 Å². The van der Waals surface area contributed by atoms with Gasteiger partial charge in [0.2, 0.25) is 0 Å².